The van der Waals surface area contributed by atoms with Crippen molar-refractivity contribution in [2.24, 2.45) is 0 Å². The van der Waals surface area contributed by atoms with Crippen molar-refractivity contribution < 1.29 is 23.9 Å². The van der Waals surface area contributed by atoms with Crippen molar-refractivity contribution in [2.75, 3.05) is 24.9 Å². The number of carbonyl (C=O) groups excluding carboxylic acids is 3. The fourth-order valence-corrected chi connectivity index (χ4v) is 2.51. The van der Waals surface area contributed by atoms with Crippen molar-refractivity contribution in [3.05, 3.63) is 70.9 Å². The van der Waals surface area contributed by atoms with Crippen LogP contribution in [0.15, 0.2) is 54.2 Å². The van der Waals surface area contributed by atoms with Crippen LogP contribution >= 0.6 is 0 Å². The lowest BCUT2D eigenvalue weighted by molar-refractivity contribution is -0.138. The van der Waals surface area contributed by atoms with Crippen LogP contribution in [-0.2, 0) is 19.1 Å². The van der Waals surface area contributed by atoms with Crippen LogP contribution in [0.5, 0.6) is 0 Å². The van der Waals surface area contributed by atoms with E-state index in [1.165, 1.54) is 14.2 Å². The topological polar surface area (TPSA) is 93.7 Å². The summed E-state index contributed by atoms with van der Waals surface area (Å²) in [6.45, 7) is 3.88. The van der Waals surface area contributed by atoms with E-state index >= 15 is 0 Å². The highest BCUT2D eigenvalue weighted by atomic mass is 16.5. The molecule has 0 bridgehead atoms. The number of methoxy groups -OCH3 is 2. The molecule has 2 rings (SSSR count). The Morgan fingerprint density at radius 1 is 0.893 bits per heavy atom. The van der Waals surface area contributed by atoms with Crippen LogP contribution in [-0.4, -0.2) is 32.1 Å². The normalized spacial score (nSPS) is 10.8. The Labute approximate surface area is 163 Å². The van der Waals surface area contributed by atoms with Gasteiger partial charge >= 0.3 is 11.9 Å². The number of anilines is 2. The zero-order valence-corrected chi connectivity index (χ0v) is 16.2. The quantitative estimate of drug-likeness (QED) is 0.589. The van der Waals surface area contributed by atoms with Crippen LogP contribution in [0.1, 0.15) is 21.5 Å². The van der Waals surface area contributed by atoms with E-state index < -0.39 is 11.9 Å². The van der Waals surface area contributed by atoms with Crippen LogP contribution in [0.2, 0.25) is 0 Å². The van der Waals surface area contributed by atoms with E-state index in [1.807, 2.05) is 32.0 Å². The third-order valence-corrected chi connectivity index (χ3v) is 3.94. The number of amides is 1. The standard InChI is InChI=1S/C21H22N2O5/c1-13-9-10-16(14(2)11-13)23-20(25)15-7-5-6-8-17(15)22-18(21(26)28-4)12-19(24)27-3/h5-12,22H,1-4H3,(H,23,25)/b18-12+. The molecule has 0 aliphatic rings. The molecule has 0 unspecified atom stereocenters. The lowest BCUT2D eigenvalue weighted by Gasteiger charge is -2.14. The Morgan fingerprint density at radius 3 is 2.25 bits per heavy atom. The number of esters is 2. The molecule has 0 saturated heterocycles. The first kappa shape index (κ1) is 20.7. The SMILES string of the molecule is COC(=O)/C=C(/Nc1ccccc1C(=O)Nc1ccc(C)cc1C)C(=O)OC. The zero-order chi connectivity index (χ0) is 20.7. The molecule has 7 heteroatoms. The van der Waals surface area contributed by atoms with Crippen molar-refractivity contribution >= 4 is 29.2 Å². The highest BCUT2D eigenvalue weighted by Crippen LogP contribution is 2.21. The smallest absolute Gasteiger partial charge is 0.354 e. The number of benzene rings is 2. The molecule has 146 valence electrons. The highest BCUT2D eigenvalue weighted by Gasteiger charge is 2.17. The summed E-state index contributed by atoms with van der Waals surface area (Å²) in [5.74, 6) is -1.86. The fourth-order valence-electron chi connectivity index (χ4n) is 2.51. The molecule has 0 saturated carbocycles. The number of rotatable bonds is 6. The largest absolute Gasteiger partial charge is 0.466 e. The van der Waals surface area contributed by atoms with Gasteiger partial charge in [0.2, 0.25) is 0 Å². The Hall–Kier alpha value is -3.61. The van der Waals surface area contributed by atoms with Crippen LogP contribution in [0.3, 0.4) is 0 Å². The summed E-state index contributed by atoms with van der Waals surface area (Å²) in [6.07, 6.45) is 0.963. The Morgan fingerprint density at radius 2 is 1.61 bits per heavy atom. The van der Waals surface area contributed by atoms with Crippen LogP contribution in [0, 0.1) is 13.8 Å². The molecule has 7 nitrogen and oxygen atoms in total. The molecule has 0 fully saturated rings. The van der Waals surface area contributed by atoms with Crippen LogP contribution in [0.25, 0.3) is 0 Å². The summed E-state index contributed by atoms with van der Waals surface area (Å²) in [5.41, 5.74) is 3.19. The van der Waals surface area contributed by atoms with E-state index in [9.17, 15) is 14.4 Å². The second-order valence-corrected chi connectivity index (χ2v) is 6.02. The summed E-state index contributed by atoms with van der Waals surface area (Å²) in [6, 6.07) is 12.3. The van der Waals surface area contributed by atoms with Gasteiger partial charge in [0.25, 0.3) is 5.91 Å². The Bertz CT molecular complexity index is 934. The minimum absolute atomic E-state index is 0.152. The van der Waals surface area contributed by atoms with E-state index in [0.717, 1.165) is 17.2 Å². The fraction of sp³-hybridized carbons (Fsp3) is 0.190. The molecule has 2 N–H and O–H groups in total. The molecule has 0 atom stereocenters. The molecule has 0 aliphatic carbocycles. The summed E-state index contributed by atoms with van der Waals surface area (Å²) in [4.78, 5) is 36.3. The van der Waals surface area contributed by atoms with E-state index in [2.05, 4.69) is 20.1 Å². The van der Waals surface area contributed by atoms with Crippen LogP contribution in [0.4, 0.5) is 11.4 Å². The lowest BCUT2D eigenvalue weighted by atomic mass is 10.1. The van der Waals surface area contributed by atoms with Gasteiger partial charge in [-0.3, -0.25) is 4.79 Å². The lowest BCUT2D eigenvalue weighted by Crippen LogP contribution is -2.19. The number of aryl methyl sites for hydroxylation is 2. The second-order valence-electron chi connectivity index (χ2n) is 6.02. The summed E-state index contributed by atoms with van der Waals surface area (Å²) >= 11 is 0. The van der Waals surface area contributed by atoms with Crippen molar-refractivity contribution in [3.8, 4) is 0 Å². The summed E-state index contributed by atoms with van der Waals surface area (Å²) in [7, 11) is 2.38. The van der Waals surface area contributed by atoms with Crippen molar-refractivity contribution in [1.82, 2.24) is 0 Å². The molecular weight excluding hydrogens is 360 g/mol. The van der Waals surface area contributed by atoms with Gasteiger partial charge in [0.1, 0.15) is 5.70 Å². The van der Waals surface area contributed by atoms with Crippen molar-refractivity contribution in [2.45, 2.75) is 13.8 Å². The molecule has 2 aromatic rings. The van der Waals surface area contributed by atoms with Crippen molar-refractivity contribution in [1.29, 1.82) is 0 Å². The predicted molar refractivity (Wildman–Crippen MR) is 106 cm³/mol. The third kappa shape index (κ3) is 5.20. The van der Waals surface area contributed by atoms with Gasteiger partial charge in [-0.1, -0.05) is 29.8 Å². The minimum atomic E-state index is -0.769. The molecule has 0 radical (unpaired) electrons. The van der Waals surface area contributed by atoms with Gasteiger partial charge in [0.15, 0.2) is 0 Å². The molecule has 28 heavy (non-hydrogen) atoms. The first-order chi connectivity index (χ1) is 13.3. The number of nitrogens with one attached hydrogen (secondary N) is 2. The number of ether oxygens (including phenoxy) is 2. The van der Waals surface area contributed by atoms with Gasteiger partial charge in [0, 0.05) is 5.69 Å². The second kappa shape index (κ2) is 9.36. The average Bonchev–Trinajstić information content (AvgIpc) is 2.69. The maximum absolute atomic E-state index is 12.8. The minimum Gasteiger partial charge on any atom is -0.466 e. The van der Waals surface area contributed by atoms with Crippen LogP contribution < -0.4 is 10.6 Å². The first-order valence-corrected chi connectivity index (χ1v) is 8.48. The monoisotopic (exact) mass is 382 g/mol. The zero-order valence-electron chi connectivity index (χ0n) is 16.2. The number of carbonyl (C=O) groups is 3. The predicted octanol–water partition coefficient (Wildman–Crippen LogP) is 3.20. The molecule has 0 spiro atoms. The summed E-state index contributed by atoms with van der Waals surface area (Å²) in [5, 5.41) is 5.64. The van der Waals surface area contributed by atoms with E-state index in [-0.39, 0.29) is 11.6 Å². The highest BCUT2D eigenvalue weighted by molar-refractivity contribution is 6.09. The first-order valence-electron chi connectivity index (χ1n) is 8.48. The molecule has 0 aliphatic heterocycles. The number of para-hydroxylation sites is 1. The Balaban J connectivity index is 2.32. The number of hydrogen-bond donors (Lipinski definition) is 2. The molecule has 1 amide bonds. The molecule has 0 aromatic heterocycles. The molecular formula is C21H22N2O5. The van der Waals surface area contributed by atoms with Gasteiger partial charge in [-0.2, -0.15) is 0 Å². The van der Waals surface area contributed by atoms with Gasteiger partial charge in [-0.25, -0.2) is 9.59 Å². The molecule has 2 aromatic carbocycles. The van der Waals surface area contributed by atoms with E-state index in [0.29, 0.717) is 16.9 Å². The van der Waals surface area contributed by atoms with Gasteiger partial charge < -0.3 is 20.1 Å². The number of hydrogen-bond acceptors (Lipinski definition) is 6. The maximum Gasteiger partial charge on any atom is 0.354 e. The van der Waals surface area contributed by atoms with E-state index in [1.54, 1.807) is 24.3 Å². The van der Waals surface area contributed by atoms with E-state index in [4.69, 9.17) is 0 Å². The summed E-state index contributed by atoms with van der Waals surface area (Å²) < 4.78 is 9.23. The van der Waals surface area contributed by atoms with Gasteiger partial charge in [0.05, 0.1) is 31.5 Å². The third-order valence-electron chi connectivity index (χ3n) is 3.94. The Kier molecular flexibility index (Phi) is 6.92. The van der Waals surface area contributed by atoms with Crippen molar-refractivity contribution in [3.63, 3.8) is 0 Å². The van der Waals surface area contributed by atoms with Gasteiger partial charge in [-0.15, -0.1) is 0 Å². The molecule has 0 heterocycles. The maximum atomic E-state index is 12.8. The van der Waals surface area contributed by atoms with Gasteiger partial charge in [-0.05, 0) is 37.6 Å². The average molecular weight is 382 g/mol.